The SMILES string of the molecule is CCCCCCCCCCCCCCCCCCCCCCCCCCCCCCCCCCCC(=O)NC(COP(=O)([O-])OCC[N+](C)(C)C)C(O)CCCCCCCCCCCCCCCCCCCCCCCCCCC. The second kappa shape index (κ2) is 63.0. The lowest BCUT2D eigenvalue weighted by Crippen LogP contribution is -2.46. The van der Waals surface area contributed by atoms with Crippen molar-refractivity contribution in [3.63, 3.8) is 0 Å². The van der Waals surface area contributed by atoms with E-state index in [9.17, 15) is 19.4 Å². The van der Waals surface area contributed by atoms with Crippen molar-refractivity contribution in [3.05, 3.63) is 0 Å². The van der Waals surface area contributed by atoms with Crippen molar-refractivity contribution in [1.82, 2.24) is 5.32 Å². The maximum Gasteiger partial charge on any atom is 0.268 e. The maximum atomic E-state index is 13.1. The molecule has 9 heteroatoms. The first-order valence-electron chi connectivity index (χ1n) is 36.4. The van der Waals surface area contributed by atoms with Gasteiger partial charge in [-0.25, -0.2) is 0 Å². The van der Waals surface area contributed by atoms with E-state index in [0.29, 0.717) is 23.9 Å². The van der Waals surface area contributed by atoms with E-state index in [-0.39, 0.29) is 19.1 Å². The Bertz CT molecular complexity index is 1260. The van der Waals surface area contributed by atoms with Crippen LogP contribution in [-0.2, 0) is 18.4 Å². The summed E-state index contributed by atoms with van der Waals surface area (Å²) in [5.41, 5.74) is 0. The Morgan fingerprint density at radius 3 is 0.850 bits per heavy atom. The summed E-state index contributed by atoms with van der Waals surface area (Å²) >= 11 is 0. The number of carbonyl (C=O) groups is 1. The van der Waals surface area contributed by atoms with Gasteiger partial charge in [0, 0.05) is 6.42 Å². The Morgan fingerprint density at radius 1 is 0.388 bits per heavy atom. The fourth-order valence-electron chi connectivity index (χ4n) is 11.7. The molecule has 0 aromatic rings. The number of aliphatic hydroxyl groups excluding tert-OH is 1. The number of aliphatic hydroxyl groups is 1. The molecule has 0 radical (unpaired) electrons. The van der Waals surface area contributed by atoms with Gasteiger partial charge in [0.05, 0.1) is 39.9 Å². The highest BCUT2D eigenvalue weighted by molar-refractivity contribution is 7.45. The lowest BCUT2D eigenvalue weighted by Gasteiger charge is -2.30. The Labute approximate surface area is 501 Å². The number of amides is 1. The Hall–Kier alpha value is -0.500. The number of likely N-dealkylation sites (N-methyl/N-ethyl adjacent to an activating group) is 1. The van der Waals surface area contributed by atoms with Crippen LogP contribution >= 0.6 is 7.82 Å². The molecule has 1 amide bonds. The lowest BCUT2D eigenvalue weighted by molar-refractivity contribution is -0.870. The molecule has 0 aliphatic rings. The molecule has 2 N–H and O–H groups in total. The molecular formula is C71H145N2O6P. The van der Waals surface area contributed by atoms with Crippen molar-refractivity contribution < 1.29 is 32.9 Å². The molecule has 0 saturated heterocycles. The molecule has 8 nitrogen and oxygen atoms in total. The third kappa shape index (κ3) is 65.1. The molecule has 0 saturated carbocycles. The lowest BCUT2D eigenvalue weighted by atomic mass is 10.0. The van der Waals surface area contributed by atoms with Crippen LogP contribution in [0.15, 0.2) is 0 Å². The number of quaternary nitrogens is 1. The second-order valence-electron chi connectivity index (χ2n) is 26.7. The van der Waals surface area contributed by atoms with Gasteiger partial charge in [-0.3, -0.25) is 9.36 Å². The van der Waals surface area contributed by atoms with Gasteiger partial charge in [0.25, 0.3) is 7.82 Å². The summed E-state index contributed by atoms with van der Waals surface area (Å²) < 4.78 is 23.6. The number of hydrogen-bond donors (Lipinski definition) is 2. The van der Waals surface area contributed by atoms with Gasteiger partial charge < -0.3 is 28.8 Å². The van der Waals surface area contributed by atoms with Gasteiger partial charge in [-0.15, -0.1) is 0 Å². The standard InChI is InChI=1S/C71H145N2O6P/c1-6-8-10-12-14-16-18-20-22-24-26-28-30-32-33-34-35-36-37-38-39-41-43-45-47-49-51-53-55-57-59-61-63-65-71(75)72-69(68-79-80(76,77)78-67-66-73(3,4)5)70(74)64-62-60-58-56-54-52-50-48-46-44-42-40-31-29-27-25-23-21-19-17-15-13-11-9-7-2/h69-70,74H,6-68H2,1-5H3,(H-,72,75,76,77). The number of nitrogens with one attached hydrogen (secondary N) is 1. The molecule has 3 unspecified atom stereocenters. The van der Waals surface area contributed by atoms with Gasteiger partial charge in [0.2, 0.25) is 5.91 Å². The number of unbranched alkanes of at least 4 members (excludes halogenated alkanes) is 56. The predicted octanol–water partition coefficient (Wildman–Crippen LogP) is 22.5. The number of phosphoric ester groups is 1. The van der Waals surface area contributed by atoms with Gasteiger partial charge >= 0.3 is 0 Å². The molecule has 0 spiro atoms. The fraction of sp³-hybridized carbons (Fsp3) is 0.986. The van der Waals surface area contributed by atoms with E-state index in [2.05, 4.69) is 19.2 Å². The topological polar surface area (TPSA) is 108 Å². The minimum atomic E-state index is -4.58. The molecule has 0 bridgehead atoms. The van der Waals surface area contributed by atoms with E-state index in [1.165, 1.54) is 334 Å². The monoisotopic (exact) mass is 1150 g/mol. The second-order valence-corrected chi connectivity index (χ2v) is 28.1. The van der Waals surface area contributed by atoms with Gasteiger partial charge in [-0.05, 0) is 12.8 Å². The number of rotatable bonds is 69. The van der Waals surface area contributed by atoms with Crippen molar-refractivity contribution in [2.75, 3.05) is 40.9 Å². The molecule has 0 fully saturated rings. The highest BCUT2D eigenvalue weighted by Crippen LogP contribution is 2.38. The molecular weight excluding hydrogens is 1010 g/mol. The number of nitrogens with zero attached hydrogens (tertiary/aromatic N) is 1. The minimum absolute atomic E-state index is 0.0170. The van der Waals surface area contributed by atoms with E-state index in [4.69, 9.17) is 9.05 Å². The average Bonchev–Trinajstić information content (AvgIpc) is 3.42. The average molecular weight is 1150 g/mol. The van der Waals surface area contributed by atoms with Gasteiger partial charge in [-0.2, -0.15) is 0 Å². The highest BCUT2D eigenvalue weighted by Gasteiger charge is 2.24. The van der Waals surface area contributed by atoms with Crippen LogP contribution < -0.4 is 10.2 Å². The van der Waals surface area contributed by atoms with Crippen molar-refractivity contribution in [2.24, 2.45) is 0 Å². The molecule has 3 atom stereocenters. The highest BCUT2D eigenvalue weighted by atomic mass is 31.2. The number of carbonyl (C=O) groups excluding carboxylic acids is 1. The van der Waals surface area contributed by atoms with Crippen LogP contribution in [0.5, 0.6) is 0 Å². The van der Waals surface area contributed by atoms with E-state index >= 15 is 0 Å². The zero-order valence-corrected chi connectivity index (χ0v) is 56.0. The summed E-state index contributed by atoms with van der Waals surface area (Å²) in [5.74, 6) is -0.153. The Morgan fingerprint density at radius 2 is 0.613 bits per heavy atom. The quantitative estimate of drug-likeness (QED) is 0.0357. The van der Waals surface area contributed by atoms with E-state index in [1.807, 2.05) is 21.1 Å². The maximum absolute atomic E-state index is 13.1. The zero-order valence-electron chi connectivity index (χ0n) is 55.1. The van der Waals surface area contributed by atoms with Crippen LogP contribution in [0.25, 0.3) is 0 Å². The third-order valence-corrected chi connectivity index (χ3v) is 18.3. The first-order chi connectivity index (χ1) is 39.0. The summed E-state index contributed by atoms with van der Waals surface area (Å²) in [7, 11) is 1.33. The summed E-state index contributed by atoms with van der Waals surface area (Å²) in [6, 6.07) is -0.797. The van der Waals surface area contributed by atoms with Crippen LogP contribution in [0.3, 0.4) is 0 Å². The van der Waals surface area contributed by atoms with Crippen LogP contribution in [0.1, 0.15) is 399 Å². The molecule has 0 aliphatic heterocycles. The summed E-state index contributed by atoms with van der Waals surface area (Å²) in [6.45, 7) is 4.80. The summed E-state index contributed by atoms with van der Waals surface area (Å²) in [6.07, 6.45) is 79.1. The number of hydrogen-bond acceptors (Lipinski definition) is 6. The van der Waals surface area contributed by atoms with Gasteiger partial charge in [0.1, 0.15) is 13.2 Å². The van der Waals surface area contributed by atoms with Crippen LogP contribution in [-0.4, -0.2) is 68.5 Å². The van der Waals surface area contributed by atoms with Crippen molar-refractivity contribution >= 4 is 13.7 Å². The largest absolute Gasteiger partial charge is 0.756 e. The molecule has 80 heavy (non-hydrogen) atoms. The van der Waals surface area contributed by atoms with E-state index in [0.717, 1.165) is 38.5 Å². The van der Waals surface area contributed by atoms with Crippen LogP contribution in [0, 0.1) is 0 Å². The smallest absolute Gasteiger partial charge is 0.268 e. The van der Waals surface area contributed by atoms with Crippen molar-refractivity contribution in [2.45, 2.75) is 411 Å². The molecule has 480 valence electrons. The molecule has 0 heterocycles. The Balaban J connectivity index is 3.94. The van der Waals surface area contributed by atoms with Crippen molar-refractivity contribution in [3.8, 4) is 0 Å². The summed E-state index contributed by atoms with van der Waals surface area (Å²) in [4.78, 5) is 25.7. The van der Waals surface area contributed by atoms with Crippen molar-refractivity contribution in [1.29, 1.82) is 0 Å². The first-order valence-corrected chi connectivity index (χ1v) is 37.8. The van der Waals surface area contributed by atoms with Gasteiger partial charge in [-0.1, -0.05) is 380 Å². The van der Waals surface area contributed by atoms with E-state index in [1.54, 1.807) is 0 Å². The molecule has 0 rings (SSSR count). The Kier molecular flexibility index (Phi) is 62.6. The fourth-order valence-corrected chi connectivity index (χ4v) is 12.4. The van der Waals surface area contributed by atoms with Crippen LogP contribution in [0.4, 0.5) is 0 Å². The zero-order chi connectivity index (χ0) is 58.4. The molecule has 0 aliphatic carbocycles. The molecule has 0 aromatic heterocycles. The minimum Gasteiger partial charge on any atom is -0.756 e. The predicted molar refractivity (Wildman–Crippen MR) is 349 cm³/mol. The first kappa shape index (κ1) is 79.5. The number of phosphoric acid groups is 1. The summed E-state index contributed by atoms with van der Waals surface area (Å²) in [5, 5.41) is 14.1. The third-order valence-electron chi connectivity index (χ3n) is 17.3. The van der Waals surface area contributed by atoms with Gasteiger partial charge in [0.15, 0.2) is 0 Å². The van der Waals surface area contributed by atoms with Crippen LogP contribution in [0.2, 0.25) is 0 Å². The van der Waals surface area contributed by atoms with E-state index < -0.39 is 20.0 Å². The normalized spacial score (nSPS) is 13.5. The molecule has 0 aromatic carbocycles.